The van der Waals surface area contributed by atoms with Gasteiger partial charge < -0.3 is 4.55 Å². The predicted octanol–water partition coefficient (Wildman–Crippen LogP) is 5.90. The van der Waals surface area contributed by atoms with Crippen LogP contribution in [0.15, 0.2) is 0 Å². The van der Waals surface area contributed by atoms with Crippen LogP contribution in [-0.2, 0) is 40.5 Å². The van der Waals surface area contributed by atoms with Gasteiger partial charge in [-0.25, -0.2) is 8.42 Å². The van der Waals surface area contributed by atoms with E-state index in [1.165, 1.54) is 51.1 Å². The zero-order valence-electron chi connectivity index (χ0n) is 18.4. The fourth-order valence-corrected chi connectivity index (χ4v) is 8.23. The molecule has 3 rings (SSSR count). The van der Waals surface area contributed by atoms with Crippen LogP contribution in [0.25, 0.3) is 0 Å². The van der Waals surface area contributed by atoms with E-state index in [2.05, 4.69) is 39.0 Å². The first kappa shape index (κ1) is 35.5. The van der Waals surface area contributed by atoms with Crippen LogP contribution >= 0.6 is 7.92 Å². The van der Waals surface area contributed by atoms with Crippen molar-refractivity contribution in [2.24, 2.45) is 0 Å². The number of rotatable bonds is 5. The Morgan fingerprint density at radius 2 is 1.21 bits per heavy atom. The molecule has 0 aliphatic heterocycles. The molecule has 3 fully saturated rings. The Kier molecular flexibility index (Phi) is 20.9. The molecule has 0 saturated heterocycles. The van der Waals surface area contributed by atoms with E-state index in [0.29, 0.717) is 7.92 Å². The summed E-state index contributed by atoms with van der Waals surface area (Å²) in [4.78, 5) is 0. The minimum atomic E-state index is -6.09. The third-order valence-electron chi connectivity index (χ3n) is 5.76. The molecule has 0 aromatic rings. The molecule has 0 bridgehead atoms. The van der Waals surface area contributed by atoms with Gasteiger partial charge in [-0.05, 0) is 81.2 Å². The van der Waals surface area contributed by atoms with Crippen LogP contribution in [0.2, 0.25) is 0 Å². The minimum absolute atomic E-state index is 0. The van der Waals surface area contributed by atoms with Gasteiger partial charge in [0.2, 0.25) is 0 Å². The van der Waals surface area contributed by atoms with Crippen LogP contribution in [0.3, 0.4) is 0 Å². The molecule has 0 spiro atoms. The Morgan fingerprint density at radius 3 is 1.52 bits per heavy atom. The molecular weight excluding hydrogens is 560 g/mol. The maximum atomic E-state index is 10.7. The van der Waals surface area contributed by atoms with Crippen LogP contribution in [-0.4, -0.2) is 36.0 Å². The van der Waals surface area contributed by atoms with Crippen LogP contribution in [0, 0.1) is 44.9 Å². The van der Waals surface area contributed by atoms with E-state index in [9.17, 15) is 13.2 Å². The molecule has 5 nitrogen and oxygen atoms in total. The van der Waals surface area contributed by atoms with E-state index in [-0.39, 0.29) is 21.1 Å². The van der Waals surface area contributed by atoms with Crippen molar-refractivity contribution in [3.63, 3.8) is 0 Å². The Bertz CT molecular complexity index is 601. The smallest absolute Gasteiger partial charge is 0.100 e. The van der Waals surface area contributed by atoms with Crippen molar-refractivity contribution in [3.05, 3.63) is 44.9 Å². The number of alkyl halides is 3. The summed E-state index contributed by atoms with van der Waals surface area (Å²) in [5.41, 5.74) is -3.40. The normalized spacial score (nSPS) is 20.2. The molecule has 3 aliphatic carbocycles. The van der Waals surface area contributed by atoms with Crippen LogP contribution < -0.4 is 0 Å². The van der Waals surface area contributed by atoms with Crippen molar-refractivity contribution in [3.8, 4) is 0 Å². The molecule has 0 heterocycles. The quantitative estimate of drug-likeness (QED) is 0.0996. The zero-order chi connectivity index (χ0) is 24.6. The fraction of sp³-hybridized carbons (Fsp3) is 0.682. The average molecular weight is 590 g/mol. The molecule has 0 N–H and O–H groups in total. The van der Waals surface area contributed by atoms with Gasteiger partial charge in [-0.3, -0.25) is 0 Å². The first-order chi connectivity index (χ1) is 15.2. The maximum Gasteiger partial charge on any atom is 2.00 e. The standard InChI is InChI=1S/C19H30P.CHF3O3S.2CO.Mo/c1-3-11-18(12-4-1)20(19-13-5-2-6-14-19)16-15-17-9-7-8-10-17;2-1(3,4)8(5,6)7;2*1-2;/h7-10,18-19H,1-6,11-16H2;(H,5,6,7);;;/q;;;;+2/p-1. The van der Waals surface area contributed by atoms with E-state index in [1.807, 2.05) is 0 Å². The van der Waals surface area contributed by atoms with E-state index in [0.717, 1.165) is 11.3 Å². The molecule has 3 aliphatic rings. The summed E-state index contributed by atoms with van der Waals surface area (Å²) in [6, 6.07) is 0. The average Bonchev–Trinajstić information content (AvgIpc) is 3.31. The van der Waals surface area contributed by atoms with Crippen molar-refractivity contribution in [1.82, 2.24) is 0 Å². The molecule has 0 aromatic heterocycles. The summed E-state index contributed by atoms with van der Waals surface area (Å²) in [5.74, 6) is 1.59. The molecule has 185 valence electrons. The summed E-state index contributed by atoms with van der Waals surface area (Å²) in [5, 5.41) is 0. The second-order valence-electron chi connectivity index (χ2n) is 7.76. The van der Waals surface area contributed by atoms with Gasteiger partial charge in [0.15, 0.2) is 10.1 Å². The molecule has 11 heteroatoms. The second kappa shape index (κ2) is 19.5. The first-order valence-electron chi connectivity index (χ1n) is 10.6. The Hall–Kier alpha value is 0.298. The minimum Gasteiger partial charge on any atom is -0.100 e. The molecule has 0 amide bonds. The Labute approximate surface area is 212 Å². The third-order valence-corrected chi connectivity index (χ3v) is 9.98. The van der Waals surface area contributed by atoms with Gasteiger partial charge >= 0.3 is 49.2 Å². The zero-order valence-corrected chi connectivity index (χ0v) is 22.1. The largest absolute Gasteiger partial charge is 2.00 e. The van der Waals surface area contributed by atoms with Gasteiger partial charge in [-0.2, -0.15) is 13.2 Å². The monoisotopic (exact) mass is 592 g/mol. The van der Waals surface area contributed by atoms with E-state index in [1.54, 1.807) is 31.6 Å². The molecule has 33 heavy (non-hydrogen) atoms. The third kappa shape index (κ3) is 14.4. The molecule has 0 aromatic carbocycles. The number of halogens is 3. The van der Waals surface area contributed by atoms with Crippen molar-refractivity contribution in [1.29, 1.82) is 0 Å². The Balaban J connectivity index is 0. The molecule has 0 atom stereocenters. The SMILES string of the molecule is O=S(=O)([O-])C(F)(F)F.[C-]#[O+].[C-]#[O+].[CH]1[CH][CH][C](CCP(C2CCCCC2)C2CCCCC2)[CH]1.[Mo+2]. The summed E-state index contributed by atoms with van der Waals surface area (Å²) >= 11 is 0. The van der Waals surface area contributed by atoms with Gasteiger partial charge in [-0.1, -0.05) is 38.5 Å². The van der Waals surface area contributed by atoms with E-state index in [4.69, 9.17) is 22.3 Å². The first-order valence-corrected chi connectivity index (χ1v) is 13.6. The van der Waals surface area contributed by atoms with Crippen molar-refractivity contribution < 1.29 is 56.5 Å². The summed E-state index contributed by atoms with van der Waals surface area (Å²) in [6.07, 6.45) is 27.3. The maximum absolute atomic E-state index is 10.7. The van der Waals surface area contributed by atoms with Crippen molar-refractivity contribution in [2.75, 3.05) is 6.16 Å². The van der Waals surface area contributed by atoms with Gasteiger partial charge in [-0.15, -0.1) is 7.92 Å². The van der Waals surface area contributed by atoms with Gasteiger partial charge in [0, 0.05) is 0 Å². The molecule has 3 saturated carbocycles. The number of hydrogen-bond donors (Lipinski definition) is 0. The molecular formula is C22H30F3MoO5PS+. The van der Waals surface area contributed by atoms with Crippen LogP contribution in [0.4, 0.5) is 13.2 Å². The van der Waals surface area contributed by atoms with Gasteiger partial charge in [0.1, 0.15) is 0 Å². The van der Waals surface area contributed by atoms with E-state index < -0.39 is 15.6 Å². The molecule has 0 unspecified atom stereocenters. The summed E-state index contributed by atoms with van der Waals surface area (Å²) < 4.78 is 73.9. The number of hydrogen-bond acceptors (Lipinski definition) is 3. The van der Waals surface area contributed by atoms with Gasteiger partial charge in [0.05, 0.1) is 0 Å². The molecule has 5 radical (unpaired) electrons. The van der Waals surface area contributed by atoms with E-state index >= 15 is 0 Å². The van der Waals surface area contributed by atoms with Crippen molar-refractivity contribution >= 4 is 18.0 Å². The fourth-order valence-electron chi connectivity index (χ4n) is 4.33. The van der Waals surface area contributed by atoms with Crippen LogP contribution in [0.1, 0.15) is 70.6 Å². The predicted molar refractivity (Wildman–Crippen MR) is 114 cm³/mol. The van der Waals surface area contributed by atoms with Crippen LogP contribution in [0.5, 0.6) is 0 Å². The van der Waals surface area contributed by atoms with Gasteiger partial charge in [0.25, 0.3) is 0 Å². The summed E-state index contributed by atoms with van der Waals surface area (Å²) in [6.45, 7) is 9.00. The Morgan fingerprint density at radius 1 is 0.879 bits per heavy atom. The topological polar surface area (TPSA) is 97.0 Å². The van der Waals surface area contributed by atoms with Crippen molar-refractivity contribution in [2.45, 2.75) is 87.5 Å². The summed E-state index contributed by atoms with van der Waals surface area (Å²) in [7, 11) is -5.79. The second-order valence-corrected chi connectivity index (χ2v) is 12.1.